The Labute approximate surface area is 183 Å². The molecule has 1 aromatic heterocycles. The molecule has 0 aliphatic rings. The van der Waals surface area contributed by atoms with E-state index in [1.54, 1.807) is 32.2 Å². The summed E-state index contributed by atoms with van der Waals surface area (Å²) in [7, 11) is 3.28. The summed E-state index contributed by atoms with van der Waals surface area (Å²) in [5.74, 6) is 3.09. The van der Waals surface area contributed by atoms with Crippen LogP contribution >= 0.6 is 27.7 Å². The van der Waals surface area contributed by atoms with Gasteiger partial charge in [-0.05, 0) is 42.3 Å². The van der Waals surface area contributed by atoms with E-state index in [9.17, 15) is 0 Å². The van der Waals surface area contributed by atoms with Crippen LogP contribution in [0.3, 0.4) is 0 Å². The predicted molar refractivity (Wildman–Crippen MR) is 120 cm³/mol. The molecule has 0 unspecified atom stereocenters. The molecule has 0 radical (unpaired) electrons. The molecule has 0 aliphatic heterocycles. The maximum atomic E-state index is 5.44. The lowest BCUT2D eigenvalue weighted by molar-refractivity contribution is 0.402. The highest BCUT2D eigenvalue weighted by Gasteiger charge is 2.12. The fourth-order valence-corrected chi connectivity index (χ4v) is 3.80. The van der Waals surface area contributed by atoms with Crippen LogP contribution in [0.4, 0.5) is 0 Å². The molecular weight excluding hydrogens is 452 g/mol. The van der Waals surface area contributed by atoms with Gasteiger partial charge >= 0.3 is 0 Å². The third-order valence-corrected chi connectivity index (χ3v) is 5.70. The number of hydrogen-bond donors (Lipinski definition) is 0. The van der Waals surface area contributed by atoms with Gasteiger partial charge in [-0.25, -0.2) is 0 Å². The first-order chi connectivity index (χ1) is 14.1. The minimum Gasteiger partial charge on any atom is -0.497 e. The van der Waals surface area contributed by atoms with Gasteiger partial charge in [0.2, 0.25) is 5.16 Å². The molecule has 29 heavy (non-hydrogen) atoms. The SMILES string of the molecule is CCCc1nnc(SCc2ccc(Br)cc2)n1/N=C/c1cc(OC)ccc1OC. The van der Waals surface area contributed by atoms with Crippen LogP contribution in [0.25, 0.3) is 0 Å². The minimum atomic E-state index is 0.726. The van der Waals surface area contributed by atoms with Gasteiger partial charge in [-0.2, -0.15) is 9.78 Å². The molecule has 0 aliphatic carbocycles. The number of rotatable bonds is 9. The highest BCUT2D eigenvalue weighted by Crippen LogP contribution is 2.25. The van der Waals surface area contributed by atoms with Crippen LogP contribution in [-0.4, -0.2) is 35.3 Å². The molecule has 0 spiro atoms. The lowest BCUT2D eigenvalue weighted by Crippen LogP contribution is -2.01. The van der Waals surface area contributed by atoms with E-state index < -0.39 is 0 Å². The van der Waals surface area contributed by atoms with Crippen molar-refractivity contribution in [2.75, 3.05) is 14.2 Å². The van der Waals surface area contributed by atoms with Crippen LogP contribution in [0, 0.1) is 0 Å². The molecular formula is C21H23BrN4O2S. The van der Waals surface area contributed by atoms with Gasteiger partial charge in [0.1, 0.15) is 11.5 Å². The molecule has 152 valence electrons. The van der Waals surface area contributed by atoms with Crippen molar-refractivity contribution in [2.24, 2.45) is 5.10 Å². The molecule has 8 heteroatoms. The Morgan fingerprint density at radius 2 is 1.90 bits per heavy atom. The monoisotopic (exact) mass is 474 g/mol. The van der Waals surface area contributed by atoms with Gasteiger partial charge in [-0.1, -0.05) is 46.7 Å². The van der Waals surface area contributed by atoms with Crippen molar-refractivity contribution in [2.45, 2.75) is 30.7 Å². The summed E-state index contributed by atoms with van der Waals surface area (Å²) in [4.78, 5) is 0. The minimum absolute atomic E-state index is 0.726. The zero-order valence-corrected chi connectivity index (χ0v) is 19.0. The van der Waals surface area contributed by atoms with Crippen LogP contribution in [-0.2, 0) is 12.2 Å². The standard InChI is InChI=1S/C21H23BrN4O2S/c1-4-5-20-24-25-21(29-14-15-6-8-17(22)9-7-15)26(20)23-13-16-12-18(27-2)10-11-19(16)28-3/h6-13H,4-5,14H2,1-3H3/b23-13+. The lowest BCUT2D eigenvalue weighted by Gasteiger charge is -2.08. The van der Waals surface area contributed by atoms with Gasteiger partial charge in [0, 0.05) is 22.2 Å². The van der Waals surface area contributed by atoms with Gasteiger partial charge in [0.15, 0.2) is 5.82 Å². The van der Waals surface area contributed by atoms with E-state index in [1.807, 2.05) is 35.0 Å². The molecule has 0 saturated heterocycles. The summed E-state index contributed by atoms with van der Waals surface area (Å²) in [6.07, 6.45) is 3.53. The number of aromatic nitrogens is 3. The molecule has 0 bridgehead atoms. The van der Waals surface area contributed by atoms with Gasteiger partial charge < -0.3 is 9.47 Å². The van der Waals surface area contributed by atoms with Crippen molar-refractivity contribution in [3.63, 3.8) is 0 Å². The Balaban J connectivity index is 1.86. The first kappa shape index (κ1) is 21.4. The van der Waals surface area contributed by atoms with Gasteiger partial charge in [0.05, 0.1) is 20.4 Å². The molecule has 3 rings (SSSR count). The normalized spacial score (nSPS) is 11.2. The van der Waals surface area contributed by atoms with Crippen molar-refractivity contribution >= 4 is 33.9 Å². The third-order valence-electron chi connectivity index (χ3n) is 4.18. The highest BCUT2D eigenvalue weighted by atomic mass is 79.9. The van der Waals surface area contributed by atoms with E-state index in [4.69, 9.17) is 9.47 Å². The van der Waals surface area contributed by atoms with Crippen molar-refractivity contribution < 1.29 is 9.47 Å². The number of thioether (sulfide) groups is 1. The van der Waals surface area contributed by atoms with Crippen molar-refractivity contribution in [1.29, 1.82) is 0 Å². The summed E-state index contributed by atoms with van der Waals surface area (Å²) in [6.45, 7) is 2.11. The maximum Gasteiger partial charge on any atom is 0.212 e. The Hall–Kier alpha value is -2.32. The number of hydrogen-bond acceptors (Lipinski definition) is 6. The van der Waals surface area contributed by atoms with E-state index in [1.165, 1.54) is 5.56 Å². The quantitative estimate of drug-likeness (QED) is 0.315. The van der Waals surface area contributed by atoms with Gasteiger partial charge in [-0.15, -0.1) is 10.2 Å². The summed E-state index contributed by atoms with van der Waals surface area (Å²) in [5, 5.41) is 14.1. The predicted octanol–water partition coefficient (Wildman–Crippen LogP) is 5.18. The number of halogens is 1. The maximum absolute atomic E-state index is 5.44. The van der Waals surface area contributed by atoms with Crippen LogP contribution < -0.4 is 9.47 Å². The smallest absolute Gasteiger partial charge is 0.212 e. The molecule has 0 N–H and O–H groups in total. The van der Waals surface area contributed by atoms with Crippen LogP contribution in [0.15, 0.2) is 57.2 Å². The summed E-state index contributed by atoms with van der Waals surface area (Å²) in [5.41, 5.74) is 2.04. The summed E-state index contributed by atoms with van der Waals surface area (Å²) in [6, 6.07) is 13.9. The molecule has 0 fully saturated rings. The molecule has 0 amide bonds. The highest BCUT2D eigenvalue weighted by molar-refractivity contribution is 9.10. The van der Waals surface area contributed by atoms with Crippen molar-refractivity contribution in [1.82, 2.24) is 14.9 Å². The van der Waals surface area contributed by atoms with Crippen molar-refractivity contribution in [3.05, 3.63) is 63.9 Å². The van der Waals surface area contributed by atoms with Gasteiger partial charge in [-0.3, -0.25) is 0 Å². The average Bonchev–Trinajstić information content (AvgIpc) is 3.13. The lowest BCUT2D eigenvalue weighted by atomic mass is 10.2. The first-order valence-electron chi connectivity index (χ1n) is 9.22. The zero-order chi connectivity index (χ0) is 20.6. The zero-order valence-electron chi connectivity index (χ0n) is 16.6. The van der Waals surface area contributed by atoms with E-state index in [2.05, 4.69) is 50.3 Å². The summed E-state index contributed by atoms with van der Waals surface area (Å²) < 4.78 is 13.6. The Morgan fingerprint density at radius 1 is 1.10 bits per heavy atom. The number of benzene rings is 2. The molecule has 0 atom stereocenters. The Bertz CT molecular complexity index is 973. The fourth-order valence-electron chi connectivity index (χ4n) is 2.67. The molecule has 2 aromatic carbocycles. The first-order valence-corrected chi connectivity index (χ1v) is 11.0. The van der Waals surface area contributed by atoms with Crippen molar-refractivity contribution in [3.8, 4) is 11.5 Å². The molecule has 0 saturated carbocycles. The van der Waals surface area contributed by atoms with E-state index in [-0.39, 0.29) is 0 Å². The second kappa shape index (κ2) is 10.5. The Morgan fingerprint density at radius 3 is 2.59 bits per heavy atom. The number of ether oxygens (including phenoxy) is 2. The fraction of sp³-hybridized carbons (Fsp3) is 0.286. The van der Waals surface area contributed by atoms with Gasteiger partial charge in [0.25, 0.3) is 0 Å². The van der Waals surface area contributed by atoms with Crippen LogP contribution in [0.1, 0.15) is 30.3 Å². The van der Waals surface area contributed by atoms with Crippen LogP contribution in [0.5, 0.6) is 11.5 Å². The average molecular weight is 475 g/mol. The second-order valence-corrected chi connectivity index (χ2v) is 8.09. The second-order valence-electron chi connectivity index (χ2n) is 6.23. The largest absolute Gasteiger partial charge is 0.497 e. The van der Waals surface area contributed by atoms with E-state index in [0.29, 0.717) is 0 Å². The Kier molecular flexibility index (Phi) is 7.71. The molecule has 6 nitrogen and oxygen atoms in total. The topological polar surface area (TPSA) is 61.5 Å². The third kappa shape index (κ3) is 5.61. The number of aryl methyl sites for hydroxylation is 1. The molecule has 1 heterocycles. The van der Waals surface area contributed by atoms with E-state index in [0.717, 1.165) is 51.1 Å². The van der Waals surface area contributed by atoms with Crippen LogP contribution in [0.2, 0.25) is 0 Å². The molecule has 3 aromatic rings. The summed E-state index contributed by atoms with van der Waals surface area (Å²) >= 11 is 5.08. The number of methoxy groups -OCH3 is 2. The number of nitrogens with zero attached hydrogens (tertiary/aromatic N) is 4. The van der Waals surface area contributed by atoms with E-state index >= 15 is 0 Å².